The van der Waals surface area contributed by atoms with Crippen molar-refractivity contribution in [3.63, 3.8) is 0 Å². The lowest BCUT2D eigenvalue weighted by atomic mass is 10.0. The fraction of sp³-hybridized carbons (Fsp3) is 0.957. The van der Waals surface area contributed by atoms with Gasteiger partial charge >= 0.3 is 5.97 Å². The van der Waals surface area contributed by atoms with Gasteiger partial charge < -0.3 is 31.7 Å². The molecule has 0 aromatic rings. The number of hydrogen-bond acceptors (Lipinski definition) is 4. The second kappa shape index (κ2) is 42.3. The van der Waals surface area contributed by atoms with Gasteiger partial charge in [-0.25, -0.2) is 0 Å². The Kier molecular flexibility index (Phi) is 43.3. The second-order valence-electron chi connectivity index (χ2n) is 16.4. The van der Waals surface area contributed by atoms with Gasteiger partial charge in [-0.05, 0) is 33.1 Å². The Morgan fingerprint density at radius 2 is 0.925 bits per heavy atom. The number of hydrogen-bond donors (Lipinski definition) is 1. The van der Waals surface area contributed by atoms with E-state index in [4.69, 9.17) is 9.47 Å². The van der Waals surface area contributed by atoms with E-state index in [0.29, 0.717) is 45.2 Å². The van der Waals surface area contributed by atoms with Gasteiger partial charge in [0, 0.05) is 19.6 Å². The van der Waals surface area contributed by atoms with Crippen LogP contribution in [0.1, 0.15) is 233 Å². The topological polar surface area (TPSA) is 64.6 Å². The Bertz CT molecular complexity index is 770. The molecule has 0 aromatic heterocycles. The van der Waals surface area contributed by atoms with Crippen LogP contribution in [-0.2, 0) is 19.1 Å². The van der Waals surface area contributed by atoms with E-state index in [2.05, 4.69) is 40.1 Å². The molecule has 0 aliphatic carbocycles. The summed E-state index contributed by atoms with van der Waals surface area (Å²) in [7, 11) is 2.22. The summed E-state index contributed by atoms with van der Waals surface area (Å²) in [5.74, 6) is 0.107. The van der Waals surface area contributed by atoms with Crippen LogP contribution in [0.3, 0.4) is 0 Å². The molecule has 0 spiro atoms. The molecule has 6 nitrogen and oxygen atoms in total. The summed E-state index contributed by atoms with van der Waals surface area (Å²) in [5.41, 5.74) is 0. The number of likely N-dealkylation sites (N-methyl/N-ethyl adjacent to an activating group) is 1. The average Bonchev–Trinajstić information content (AvgIpc) is 3.15. The maximum absolute atomic E-state index is 12.5. The largest absolute Gasteiger partial charge is 1.00 e. The Labute approximate surface area is 337 Å². The number of nitrogens with zero attached hydrogens (tertiary/aromatic N) is 1. The third kappa shape index (κ3) is 37.8. The molecule has 0 rings (SSSR count). The van der Waals surface area contributed by atoms with Gasteiger partial charge in [-0.3, -0.25) is 9.59 Å². The Hall–Kier alpha value is -0.850. The lowest BCUT2D eigenvalue weighted by Crippen LogP contribution is -3.00. The molecule has 0 heterocycles. The maximum atomic E-state index is 12.5. The molecule has 2 atom stereocenters. The summed E-state index contributed by atoms with van der Waals surface area (Å²) < 4.78 is 12.4. The van der Waals surface area contributed by atoms with E-state index >= 15 is 0 Å². The molecule has 0 bridgehead atoms. The highest BCUT2D eigenvalue weighted by molar-refractivity contribution is 5.75. The first kappa shape index (κ1) is 54.3. The fourth-order valence-corrected chi connectivity index (χ4v) is 7.17. The predicted octanol–water partition coefficient (Wildman–Crippen LogP) is 10.0. The zero-order valence-electron chi connectivity index (χ0n) is 36.4. The van der Waals surface area contributed by atoms with Crippen molar-refractivity contribution in [2.45, 2.75) is 239 Å². The minimum atomic E-state index is -0.0688. The molecule has 0 saturated heterocycles. The minimum absolute atomic E-state index is 0. The van der Waals surface area contributed by atoms with Crippen LogP contribution in [0.25, 0.3) is 0 Å². The standard InChI is InChI=1S/C46H92N2O4.ClH/c1-6-9-11-13-15-17-19-21-23-24-26-28-30-32-34-37-45(49)47-39-36-41-51-43-44(4)48(5,8-3)40-38-46(50)52-42-35-33-31-29-27-25-22-20-18-16-14-12-10-7-2;/h44H,6-43H2,1-5H3;1H. The second-order valence-corrected chi connectivity index (χ2v) is 16.4. The molecule has 7 heteroatoms. The van der Waals surface area contributed by atoms with Crippen molar-refractivity contribution in [2.75, 3.05) is 46.5 Å². The van der Waals surface area contributed by atoms with Crippen molar-refractivity contribution in [1.29, 1.82) is 0 Å². The summed E-state index contributed by atoms with van der Waals surface area (Å²) in [6.45, 7) is 13.2. The van der Waals surface area contributed by atoms with Gasteiger partial charge in [-0.2, -0.15) is 0 Å². The number of unbranched alkanes of at least 4 members (excludes halogenated alkanes) is 27. The smallest absolute Gasteiger partial charge is 0.311 e. The Balaban J connectivity index is 0. The van der Waals surface area contributed by atoms with E-state index in [-0.39, 0.29) is 24.3 Å². The molecular weight excluding hydrogens is 680 g/mol. The van der Waals surface area contributed by atoms with Gasteiger partial charge in [0.05, 0.1) is 39.8 Å². The third-order valence-electron chi connectivity index (χ3n) is 11.5. The summed E-state index contributed by atoms with van der Waals surface area (Å²) in [6.07, 6.45) is 40.7. The van der Waals surface area contributed by atoms with Crippen LogP contribution in [-0.4, -0.2) is 68.9 Å². The summed E-state index contributed by atoms with van der Waals surface area (Å²) in [5, 5.41) is 3.07. The molecule has 318 valence electrons. The van der Waals surface area contributed by atoms with Crippen molar-refractivity contribution in [3.8, 4) is 0 Å². The van der Waals surface area contributed by atoms with Gasteiger partial charge in [0.15, 0.2) is 0 Å². The van der Waals surface area contributed by atoms with Gasteiger partial charge in [0.25, 0.3) is 0 Å². The van der Waals surface area contributed by atoms with E-state index in [1.54, 1.807) is 0 Å². The monoisotopic (exact) mass is 773 g/mol. The summed E-state index contributed by atoms with van der Waals surface area (Å²) in [6, 6.07) is 0.295. The van der Waals surface area contributed by atoms with Crippen LogP contribution in [0.4, 0.5) is 0 Å². The SMILES string of the molecule is CCCCCCCCCCCCCCCCCC(=O)NCCCOCC(C)[N+](C)(CC)CCC(=O)OCCCCCCCCCCCCCCCC.[Cl-]. The van der Waals surface area contributed by atoms with Crippen molar-refractivity contribution in [3.05, 3.63) is 0 Å². The number of carbonyl (C=O) groups excluding carboxylic acids is 2. The Morgan fingerprint density at radius 3 is 1.34 bits per heavy atom. The molecule has 0 aromatic carbocycles. The number of nitrogens with one attached hydrogen (secondary N) is 1. The molecule has 0 fully saturated rings. The highest BCUT2D eigenvalue weighted by atomic mass is 35.5. The zero-order chi connectivity index (χ0) is 38.2. The number of rotatable bonds is 42. The number of carbonyl (C=O) groups is 2. The first-order valence-corrected chi connectivity index (χ1v) is 23.2. The lowest BCUT2D eigenvalue weighted by Gasteiger charge is -2.39. The van der Waals surface area contributed by atoms with Gasteiger partial charge in [0.1, 0.15) is 6.04 Å². The molecule has 0 radical (unpaired) electrons. The van der Waals surface area contributed by atoms with Crippen molar-refractivity contribution >= 4 is 11.9 Å². The van der Waals surface area contributed by atoms with Gasteiger partial charge in [0.2, 0.25) is 5.91 Å². The molecule has 0 saturated carbocycles. The van der Waals surface area contributed by atoms with Crippen LogP contribution >= 0.6 is 0 Å². The van der Waals surface area contributed by atoms with E-state index < -0.39 is 0 Å². The Morgan fingerprint density at radius 1 is 0.528 bits per heavy atom. The summed E-state index contributed by atoms with van der Waals surface area (Å²) in [4.78, 5) is 24.7. The van der Waals surface area contributed by atoms with Gasteiger partial charge in [-0.1, -0.05) is 187 Å². The quantitative estimate of drug-likeness (QED) is 0.0381. The molecule has 53 heavy (non-hydrogen) atoms. The maximum Gasteiger partial charge on any atom is 0.311 e. The molecule has 1 N–H and O–H groups in total. The molecule has 2 unspecified atom stereocenters. The number of ether oxygens (including phenoxy) is 2. The predicted molar refractivity (Wildman–Crippen MR) is 225 cm³/mol. The molecule has 0 aliphatic rings. The fourth-order valence-electron chi connectivity index (χ4n) is 7.17. The van der Waals surface area contributed by atoms with E-state index in [1.807, 2.05) is 0 Å². The van der Waals surface area contributed by atoms with E-state index in [9.17, 15) is 9.59 Å². The van der Waals surface area contributed by atoms with Crippen LogP contribution in [0, 0.1) is 0 Å². The number of amides is 1. The van der Waals surface area contributed by atoms with Crippen LogP contribution in [0.5, 0.6) is 0 Å². The first-order valence-electron chi connectivity index (χ1n) is 23.2. The van der Waals surface area contributed by atoms with Crippen LogP contribution < -0.4 is 17.7 Å². The summed E-state index contributed by atoms with van der Waals surface area (Å²) >= 11 is 0. The van der Waals surface area contributed by atoms with Crippen LogP contribution in [0.2, 0.25) is 0 Å². The molecule has 1 amide bonds. The highest BCUT2D eigenvalue weighted by Crippen LogP contribution is 2.16. The zero-order valence-corrected chi connectivity index (χ0v) is 37.2. The average molecular weight is 774 g/mol. The minimum Gasteiger partial charge on any atom is -1.00 e. The molecule has 0 aliphatic heterocycles. The normalized spacial score (nSPS) is 13.0. The van der Waals surface area contributed by atoms with Crippen molar-refractivity contribution in [2.24, 2.45) is 0 Å². The number of halogens is 1. The number of esters is 1. The lowest BCUT2D eigenvalue weighted by molar-refractivity contribution is -0.930. The molecular formula is C46H93ClN2O4. The van der Waals surface area contributed by atoms with E-state index in [0.717, 1.165) is 49.7 Å². The van der Waals surface area contributed by atoms with Gasteiger partial charge in [-0.15, -0.1) is 0 Å². The van der Waals surface area contributed by atoms with E-state index in [1.165, 1.54) is 161 Å². The first-order chi connectivity index (χ1) is 25.4. The van der Waals surface area contributed by atoms with Crippen LogP contribution in [0.15, 0.2) is 0 Å². The van der Waals surface area contributed by atoms with Crippen molar-refractivity contribution in [1.82, 2.24) is 5.32 Å². The van der Waals surface area contributed by atoms with Crippen molar-refractivity contribution < 1.29 is 36.0 Å². The number of quaternary nitrogens is 1. The highest BCUT2D eigenvalue weighted by Gasteiger charge is 2.28. The third-order valence-corrected chi connectivity index (χ3v) is 11.5.